The summed E-state index contributed by atoms with van der Waals surface area (Å²) in [6.45, 7) is 2.49. The van der Waals surface area contributed by atoms with E-state index in [0.29, 0.717) is 12.3 Å². The molecule has 6 nitrogen and oxygen atoms in total. The summed E-state index contributed by atoms with van der Waals surface area (Å²) in [6.07, 6.45) is 1.52. The summed E-state index contributed by atoms with van der Waals surface area (Å²) in [5, 5.41) is 6.99. The van der Waals surface area contributed by atoms with Crippen molar-refractivity contribution in [2.45, 2.75) is 19.5 Å². The first-order valence-electron chi connectivity index (χ1n) is 5.51. The van der Waals surface area contributed by atoms with Gasteiger partial charge in [0, 0.05) is 12.6 Å². The molecule has 0 saturated heterocycles. The molecule has 0 spiro atoms. The van der Waals surface area contributed by atoms with Gasteiger partial charge in [-0.05, 0) is 19.1 Å². The highest BCUT2D eigenvalue weighted by atomic mass is 16.5. The van der Waals surface area contributed by atoms with Crippen molar-refractivity contribution in [3.63, 3.8) is 0 Å². The lowest BCUT2D eigenvalue weighted by Gasteiger charge is -2.09. The van der Waals surface area contributed by atoms with Gasteiger partial charge in [-0.1, -0.05) is 5.16 Å². The summed E-state index contributed by atoms with van der Waals surface area (Å²) in [5.74, 6) is 0.381. The Morgan fingerprint density at radius 2 is 2.33 bits per heavy atom. The van der Waals surface area contributed by atoms with Crippen LogP contribution in [0.5, 0.6) is 0 Å². The number of nitrogens with zero attached hydrogens (tertiary/aromatic N) is 1. The van der Waals surface area contributed by atoms with Gasteiger partial charge < -0.3 is 19.0 Å². The maximum absolute atomic E-state index is 11.2. The van der Waals surface area contributed by atoms with E-state index in [-0.39, 0.29) is 11.8 Å². The van der Waals surface area contributed by atoms with Gasteiger partial charge in [-0.25, -0.2) is 4.79 Å². The van der Waals surface area contributed by atoms with Crippen LogP contribution in [0.4, 0.5) is 0 Å². The largest absolute Gasteiger partial charge is 0.463 e. The fraction of sp³-hybridized carbons (Fsp3) is 0.333. The highest BCUT2D eigenvalue weighted by Crippen LogP contribution is 2.17. The second kappa shape index (κ2) is 5.50. The Morgan fingerprint density at radius 3 is 3.00 bits per heavy atom. The van der Waals surface area contributed by atoms with Gasteiger partial charge >= 0.3 is 5.97 Å². The molecule has 1 N–H and O–H groups in total. The summed E-state index contributed by atoms with van der Waals surface area (Å²) in [4.78, 5) is 11.2. The molecule has 0 aliphatic heterocycles. The smallest absolute Gasteiger partial charge is 0.373 e. The molecular weight excluding hydrogens is 236 g/mol. The summed E-state index contributed by atoms with van der Waals surface area (Å²) < 4.78 is 14.7. The number of furan rings is 1. The maximum Gasteiger partial charge on any atom is 0.373 e. The third-order valence-corrected chi connectivity index (χ3v) is 2.52. The molecule has 0 fully saturated rings. The van der Waals surface area contributed by atoms with E-state index >= 15 is 0 Å². The van der Waals surface area contributed by atoms with Crippen molar-refractivity contribution in [2.75, 3.05) is 7.11 Å². The van der Waals surface area contributed by atoms with Crippen molar-refractivity contribution >= 4 is 5.97 Å². The molecule has 6 heteroatoms. The molecule has 2 heterocycles. The fourth-order valence-electron chi connectivity index (χ4n) is 1.48. The minimum atomic E-state index is -0.482. The summed E-state index contributed by atoms with van der Waals surface area (Å²) in [7, 11) is 1.32. The Morgan fingerprint density at radius 1 is 1.50 bits per heavy atom. The van der Waals surface area contributed by atoms with Gasteiger partial charge in [-0.15, -0.1) is 0 Å². The second-order valence-electron chi connectivity index (χ2n) is 3.79. The number of carbonyl (C=O) groups excluding carboxylic acids is 1. The number of esters is 1. The molecule has 96 valence electrons. The van der Waals surface area contributed by atoms with E-state index in [1.165, 1.54) is 13.4 Å². The molecule has 18 heavy (non-hydrogen) atoms. The van der Waals surface area contributed by atoms with Crippen LogP contribution in [0.1, 0.15) is 35.0 Å². The van der Waals surface area contributed by atoms with Crippen LogP contribution in [0.3, 0.4) is 0 Å². The highest BCUT2D eigenvalue weighted by Gasteiger charge is 2.15. The zero-order valence-electron chi connectivity index (χ0n) is 10.2. The van der Waals surface area contributed by atoms with Crippen LogP contribution < -0.4 is 5.32 Å². The summed E-state index contributed by atoms with van der Waals surface area (Å²) in [5.41, 5.74) is 0.807. The molecule has 2 rings (SSSR count). The molecule has 0 radical (unpaired) electrons. The first-order valence-corrected chi connectivity index (χ1v) is 5.51. The van der Waals surface area contributed by atoms with Gasteiger partial charge in [-0.3, -0.25) is 0 Å². The summed E-state index contributed by atoms with van der Waals surface area (Å²) >= 11 is 0. The zero-order valence-corrected chi connectivity index (χ0v) is 10.2. The Balaban J connectivity index is 1.94. The van der Waals surface area contributed by atoms with Crippen LogP contribution in [0.15, 0.2) is 33.4 Å². The number of nitrogens with one attached hydrogen (secondary N) is 1. The van der Waals surface area contributed by atoms with Gasteiger partial charge in [0.15, 0.2) is 0 Å². The van der Waals surface area contributed by atoms with E-state index in [4.69, 9.17) is 8.94 Å². The van der Waals surface area contributed by atoms with E-state index in [1.54, 1.807) is 18.2 Å². The first kappa shape index (κ1) is 12.4. The highest BCUT2D eigenvalue weighted by molar-refractivity contribution is 5.86. The fourth-order valence-corrected chi connectivity index (χ4v) is 1.48. The van der Waals surface area contributed by atoms with Gasteiger partial charge in [0.25, 0.3) is 0 Å². The number of rotatable bonds is 5. The van der Waals surface area contributed by atoms with Gasteiger partial charge in [0.05, 0.1) is 18.8 Å². The summed E-state index contributed by atoms with van der Waals surface area (Å²) in [6, 6.07) is 5.07. The quantitative estimate of drug-likeness (QED) is 0.817. The molecule has 0 aromatic carbocycles. The number of ether oxygens (including phenoxy) is 1. The first-order chi connectivity index (χ1) is 8.70. The maximum atomic E-state index is 11.2. The molecule has 0 amide bonds. The van der Waals surface area contributed by atoms with Crippen molar-refractivity contribution in [2.24, 2.45) is 0 Å². The average molecular weight is 250 g/mol. The lowest BCUT2D eigenvalue weighted by atomic mass is 10.2. The van der Waals surface area contributed by atoms with Gasteiger partial charge in [0.2, 0.25) is 5.76 Å². The molecule has 0 bridgehead atoms. The third kappa shape index (κ3) is 2.78. The molecule has 1 atom stereocenters. The van der Waals surface area contributed by atoms with Crippen LogP contribution >= 0.6 is 0 Å². The van der Waals surface area contributed by atoms with Crippen LogP contribution in [0.2, 0.25) is 0 Å². The minimum Gasteiger partial charge on any atom is -0.463 e. The predicted octanol–water partition coefficient (Wildman–Crippen LogP) is 1.91. The number of hydrogen-bond donors (Lipinski definition) is 1. The number of hydrogen-bond acceptors (Lipinski definition) is 6. The van der Waals surface area contributed by atoms with Crippen molar-refractivity contribution in [1.82, 2.24) is 10.5 Å². The van der Waals surface area contributed by atoms with E-state index < -0.39 is 5.97 Å². The molecular formula is C12H14N2O4. The Hall–Kier alpha value is -2.08. The number of methoxy groups -OCH3 is 1. The van der Waals surface area contributed by atoms with Crippen LogP contribution in [0, 0.1) is 0 Å². The van der Waals surface area contributed by atoms with Crippen molar-refractivity contribution in [3.8, 4) is 0 Å². The molecule has 0 aliphatic carbocycles. The number of carbonyl (C=O) groups is 1. The van der Waals surface area contributed by atoms with Crippen LogP contribution in [-0.4, -0.2) is 18.2 Å². The normalized spacial score (nSPS) is 12.3. The monoisotopic (exact) mass is 250 g/mol. The van der Waals surface area contributed by atoms with E-state index in [1.807, 2.05) is 6.92 Å². The van der Waals surface area contributed by atoms with Gasteiger partial charge in [-0.2, -0.15) is 0 Å². The average Bonchev–Trinajstić information content (AvgIpc) is 3.05. The SMILES string of the molecule is COC(=O)c1ccc(C(C)NCc2ccon2)o1. The van der Waals surface area contributed by atoms with Crippen molar-refractivity contribution < 1.29 is 18.5 Å². The zero-order chi connectivity index (χ0) is 13.0. The van der Waals surface area contributed by atoms with Crippen molar-refractivity contribution in [1.29, 1.82) is 0 Å². The standard InChI is InChI=1S/C12H14N2O4/c1-8(13-7-9-5-6-17-14-9)10-3-4-11(18-10)12(15)16-2/h3-6,8,13H,7H2,1-2H3. The Kier molecular flexibility index (Phi) is 3.78. The molecule has 1 unspecified atom stereocenters. The van der Waals surface area contributed by atoms with Crippen LogP contribution in [0.25, 0.3) is 0 Å². The number of aromatic nitrogens is 1. The molecule has 2 aromatic rings. The van der Waals surface area contributed by atoms with E-state index in [2.05, 4.69) is 15.2 Å². The van der Waals surface area contributed by atoms with Crippen LogP contribution in [-0.2, 0) is 11.3 Å². The van der Waals surface area contributed by atoms with E-state index in [0.717, 1.165) is 5.69 Å². The Bertz CT molecular complexity index is 504. The molecule has 0 saturated carbocycles. The lowest BCUT2D eigenvalue weighted by molar-refractivity contribution is 0.0562. The Labute approximate surface area is 104 Å². The topological polar surface area (TPSA) is 77.5 Å². The lowest BCUT2D eigenvalue weighted by Crippen LogP contribution is -2.17. The minimum absolute atomic E-state index is 0.0416. The molecule has 0 aliphatic rings. The van der Waals surface area contributed by atoms with Crippen molar-refractivity contribution in [3.05, 3.63) is 41.7 Å². The third-order valence-electron chi connectivity index (χ3n) is 2.52. The molecule has 2 aromatic heterocycles. The van der Waals surface area contributed by atoms with Gasteiger partial charge in [0.1, 0.15) is 12.0 Å². The van der Waals surface area contributed by atoms with E-state index in [9.17, 15) is 4.79 Å². The second-order valence-corrected chi connectivity index (χ2v) is 3.79. The predicted molar refractivity (Wildman–Crippen MR) is 61.8 cm³/mol.